The first-order chi connectivity index (χ1) is 20.1. The molecule has 11 heteroatoms. The molecule has 2 amide bonds. The molecular weight excluding hydrogens is 576 g/mol. The fourth-order valence-corrected chi connectivity index (χ4v) is 7.25. The molecule has 2 N–H and O–H groups in total. The van der Waals surface area contributed by atoms with Gasteiger partial charge in [-0.1, -0.05) is 86.6 Å². The van der Waals surface area contributed by atoms with Crippen LogP contribution in [0.3, 0.4) is 0 Å². The lowest BCUT2D eigenvalue weighted by Crippen LogP contribution is -2.21. The predicted molar refractivity (Wildman–Crippen MR) is 164 cm³/mol. The Balaban J connectivity index is 1.41. The Hall–Kier alpha value is -4.35. The number of carbonyl (C=O) groups is 1. The maximum absolute atomic E-state index is 13.0. The molecule has 4 rings (SSSR count). The van der Waals surface area contributed by atoms with Gasteiger partial charge in [0.25, 0.3) is 0 Å². The molecular formula is C31H32N2O7S2. The van der Waals surface area contributed by atoms with Crippen LogP contribution in [0.5, 0.6) is 11.5 Å². The number of rotatable bonds is 12. The lowest BCUT2D eigenvalue weighted by molar-refractivity contribution is 0.262. The van der Waals surface area contributed by atoms with Crippen molar-refractivity contribution in [3.63, 3.8) is 0 Å². The smallest absolute Gasteiger partial charge is 0.323 e. The predicted octanol–water partition coefficient (Wildman–Crippen LogP) is 7.05. The van der Waals surface area contributed by atoms with Crippen LogP contribution in [-0.4, -0.2) is 22.9 Å². The molecule has 0 radical (unpaired) electrons. The molecule has 0 aromatic heterocycles. The maximum atomic E-state index is 13.0. The Kier molecular flexibility index (Phi) is 9.87. The van der Waals surface area contributed by atoms with Gasteiger partial charge in [0.1, 0.15) is 22.0 Å². The molecule has 9 nitrogen and oxygen atoms in total. The van der Waals surface area contributed by atoms with Gasteiger partial charge in [0.05, 0.1) is 0 Å². The lowest BCUT2D eigenvalue weighted by Gasteiger charge is -2.17. The zero-order chi connectivity index (χ0) is 30.2. The van der Waals surface area contributed by atoms with Gasteiger partial charge in [0.15, 0.2) is 0 Å². The van der Waals surface area contributed by atoms with Gasteiger partial charge in [-0.25, -0.2) is 4.79 Å². The Labute approximate surface area is 246 Å². The van der Waals surface area contributed by atoms with Gasteiger partial charge in [-0.05, 0) is 48.2 Å². The van der Waals surface area contributed by atoms with Crippen molar-refractivity contribution < 1.29 is 30.0 Å². The third kappa shape index (κ3) is 7.89. The third-order valence-electron chi connectivity index (χ3n) is 6.39. The summed E-state index contributed by atoms with van der Waals surface area (Å²) in [6.45, 7) is 3.53. The largest absolute Gasteiger partial charge is 0.382 e. The summed E-state index contributed by atoms with van der Waals surface area (Å²) in [6.07, 6.45) is 0.643. The monoisotopic (exact) mass is 608 g/mol. The standard InChI is InChI=1S/C31H32N2O7S2/c1-3-29(23-13-7-5-8-14-23)41(35,36)39-27-19-11-17-25(21-27)32-31(34)33-26-18-12-20-28(22-26)40-42(37,38)30(4-2)24-15-9-6-10-16-24/h5-22,29-30H,3-4H2,1-2H3,(H2,32,33,34). The van der Waals surface area contributed by atoms with Crippen molar-refractivity contribution in [1.29, 1.82) is 0 Å². The van der Waals surface area contributed by atoms with Crippen molar-refractivity contribution >= 4 is 37.6 Å². The van der Waals surface area contributed by atoms with Crippen LogP contribution in [0.1, 0.15) is 48.3 Å². The first-order valence-electron chi connectivity index (χ1n) is 13.4. The molecule has 4 aromatic carbocycles. The average molecular weight is 609 g/mol. The summed E-state index contributed by atoms with van der Waals surface area (Å²) >= 11 is 0. The first kappa shape index (κ1) is 30.6. The number of urea groups is 1. The minimum atomic E-state index is -4.01. The highest BCUT2D eigenvalue weighted by Crippen LogP contribution is 2.31. The van der Waals surface area contributed by atoms with E-state index in [4.69, 9.17) is 8.37 Å². The van der Waals surface area contributed by atoms with Crippen molar-refractivity contribution in [2.75, 3.05) is 10.6 Å². The molecule has 0 saturated carbocycles. The van der Waals surface area contributed by atoms with Crippen LogP contribution in [0, 0.1) is 0 Å². The molecule has 0 aliphatic carbocycles. The zero-order valence-corrected chi connectivity index (χ0v) is 24.8. The molecule has 220 valence electrons. The second-order valence-electron chi connectivity index (χ2n) is 9.40. The van der Waals surface area contributed by atoms with Crippen molar-refractivity contribution in [2.45, 2.75) is 37.2 Å². The second kappa shape index (κ2) is 13.5. The molecule has 42 heavy (non-hydrogen) atoms. The average Bonchev–Trinajstić information content (AvgIpc) is 2.94. The van der Waals surface area contributed by atoms with Crippen molar-refractivity contribution in [3.05, 3.63) is 120 Å². The van der Waals surface area contributed by atoms with E-state index in [1.807, 2.05) is 12.1 Å². The highest BCUT2D eigenvalue weighted by Gasteiger charge is 2.29. The van der Waals surface area contributed by atoms with Crippen molar-refractivity contribution in [1.82, 2.24) is 0 Å². The highest BCUT2D eigenvalue weighted by atomic mass is 32.2. The summed E-state index contributed by atoms with van der Waals surface area (Å²) < 4.78 is 62.8. The van der Waals surface area contributed by atoms with Gasteiger partial charge in [-0.2, -0.15) is 16.8 Å². The van der Waals surface area contributed by atoms with Gasteiger partial charge < -0.3 is 19.0 Å². The van der Waals surface area contributed by atoms with Gasteiger partial charge in [0.2, 0.25) is 0 Å². The zero-order valence-electron chi connectivity index (χ0n) is 23.1. The van der Waals surface area contributed by atoms with Crippen LogP contribution in [0.15, 0.2) is 109 Å². The molecule has 0 heterocycles. The number of amides is 2. The molecule has 0 aliphatic heterocycles. The summed E-state index contributed by atoms with van der Waals surface area (Å²) in [5.74, 6) is 0.0957. The van der Waals surface area contributed by atoms with Crippen LogP contribution >= 0.6 is 0 Å². The number of anilines is 2. The van der Waals surface area contributed by atoms with Gasteiger partial charge in [0, 0.05) is 23.5 Å². The van der Waals surface area contributed by atoms with E-state index in [1.54, 1.807) is 86.6 Å². The molecule has 0 spiro atoms. The Morgan fingerprint density at radius 2 is 0.976 bits per heavy atom. The van der Waals surface area contributed by atoms with Crippen molar-refractivity contribution in [3.8, 4) is 11.5 Å². The van der Waals surface area contributed by atoms with Gasteiger partial charge >= 0.3 is 26.3 Å². The summed E-state index contributed by atoms with van der Waals surface area (Å²) in [4.78, 5) is 12.7. The second-order valence-corrected chi connectivity index (χ2v) is 12.8. The molecule has 2 atom stereocenters. The van der Waals surface area contributed by atoms with E-state index in [2.05, 4.69) is 10.6 Å². The fraction of sp³-hybridized carbons (Fsp3) is 0.194. The van der Waals surface area contributed by atoms with E-state index in [9.17, 15) is 21.6 Å². The topological polar surface area (TPSA) is 128 Å². The van der Waals surface area contributed by atoms with E-state index in [-0.39, 0.29) is 22.9 Å². The molecule has 0 aliphatic rings. The van der Waals surface area contributed by atoms with E-state index >= 15 is 0 Å². The van der Waals surface area contributed by atoms with Crippen LogP contribution in [-0.2, 0) is 20.2 Å². The summed E-state index contributed by atoms with van der Waals surface area (Å²) in [5, 5.41) is 3.55. The number of hydrogen-bond acceptors (Lipinski definition) is 7. The number of nitrogens with one attached hydrogen (secondary N) is 2. The lowest BCUT2D eigenvalue weighted by atomic mass is 10.1. The Morgan fingerprint density at radius 1 is 0.595 bits per heavy atom. The summed E-state index contributed by atoms with van der Waals surface area (Å²) in [7, 11) is -8.02. The Morgan fingerprint density at radius 3 is 1.33 bits per heavy atom. The summed E-state index contributed by atoms with van der Waals surface area (Å²) in [5.41, 5.74) is 1.82. The van der Waals surface area contributed by atoms with Crippen molar-refractivity contribution in [2.24, 2.45) is 0 Å². The van der Waals surface area contributed by atoms with Crippen LogP contribution < -0.4 is 19.0 Å². The first-order valence-corrected chi connectivity index (χ1v) is 16.3. The highest BCUT2D eigenvalue weighted by molar-refractivity contribution is 7.87. The van der Waals surface area contributed by atoms with E-state index in [1.165, 1.54) is 24.3 Å². The SMILES string of the molecule is CCC(c1ccccc1)S(=O)(=O)Oc1cccc(NC(=O)Nc2cccc(OS(=O)(=O)C(CC)c3ccccc3)c2)c1. The van der Waals surface area contributed by atoms with Gasteiger partial charge in [-0.15, -0.1) is 0 Å². The van der Waals surface area contributed by atoms with Gasteiger partial charge in [-0.3, -0.25) is 0 Å². The molecule has 0 saturated heterocycles. The maximum Gasteiger partial charge on any atom is 0.323 e. The minimum absolute atomic E-state index is 0.0479. The quantitative estimate of drug-likeness (QED) is 0.165. The Bertz CT molecular complexity index is 1590. The number of hydrogen-bond donors (Lipinski definition) is 2. The van der Waals surface area contributed by atoms with Crippen LogP contribution in [0.4, 0.5) is 16.2 Å². The third-order valence-corrected chi connectivity index (χ3v) is 9.84. The van der Waals surface area contributed by atoms with Crippen LogP contribution in [0.25, 0.3) is 0 Å². The van der Waals surface area contributed by atoms with E-state index < -0.39 is 36.8 Å². The van der Waals surface area contributed by atoms with E-state index in [0.29, 0.717) is 24.0 Å². The van der Waals surface area contributed by atoms with Crippen LogP contribution in [0.2, 0.25) is 0 Å². The molecule has 2 unspecified atom stereocenters. The summed E-state index contributed by atoms with van der Waals surface area (Å²) in [6, 6.07) is 29.0. The molecule has 4 aromatic rings. The fourth-order valence-electron chi connectivity index (χ4n) is 4.48. The number of benzene rings is 4. The number of carbonyl (C=O) groups excluding carboxylic acids is 1. The van der Waals surface area contributed by atoms with E-state index in [0.717, 1.165) is 0 Å². The normalized spacial score (nSPS) is 13.0. The molecule has 0 fully saturated rings. The minimum Gasteiger partial charge on any atom is -0.382 e. The molecule has 0 bridgehead atoms.